The van der Waals surface area contributed by atoms with Crippen molar-refractivity contribution in [3.63, 3.8) is 0 Å². The molecule has 0 spiro atoms. The minimum Gasteiger partial charge on any atom is -0.0776 e. The highest BCUT2D eigenvalue weighted by Gasteiger charge is 2.29. The third-order valence-corrected chi connectivity index (χ3v) is 4.30. The molecule has 0 amide bonds. The van der Waals surface area contributed by atoms with Crippen LogP contribution in [0.4, 0.5) is 0 Å². The van der Waals surface area contributed by atoms with Crippen LogP contribution in [0.1, 0.15) is 43.7 Å². The minimum atomic E-state index is 0.546. The van der Waals surface area contributed by atoms with Gasteiger partial charge in [-0.3, -0.25) is 0 Å². The van der Waals surface area contributed by atoms with E-state index in [0.717, 1.165) is 0 Å². The Kier molecular flexibility index (Phi) is 4.58. The summed E-state index contributed by atoms with van der Waals surface area (Å²) in [5.74, 6) is 1.13. The van der Waals surface area contributed by atoms with Gasteiger partial charge in [0.15, 0.2) is 0 Å². The molecule has 0 unspecified atom stereocenters. The first kappa shape index (κ1) is 14.8. The van der Waals surface area contributed by atoms with Crippen LogP contribution in [0.15, 0.2) is 72.8 Å². The van der Waals surface area contributed by atoms with Crippen LogP contribution in [-0.4, -0.2) is 0 Å². The van der Waals surface area contributed by atoms with E-state index in [-0.39, 0.29) is 0 Å². The summed E-state index contributed by atoms with van der Waals surface area (Å²) in [7, 11) is 0. The second-order valence-electron chi connectivity index (χ2n) is 6.10. The van der Waals surface area contributed by atoms with E-state index in [4.69, 9.17) is 0 Å². The monoisotopic (exact) mass is 288 g/mol. The average molecular weight is 288 g/mol. The number of allylic oxidation sites excluding steroid dienone is 4. The second kappa shape index (κ2) is 6.79. The molecular weight excluding hydrogens is 264 g/mol. The highest BCUT2D eigenvalue weighted by Crippen LogP contribution is 2.47. The van der Waals surface area contributed by atoms with Gasteiger partial charge in [-0.05, 0) is 34.6 Å². The van der Waals surface area contributed by atoms with Crippen molar-refractivity contribution in [2.45, 2.75) is 32.6 Å². The fraction of sp³-hybridized carbons (Fsp3) is 0.273. The number of hydrogen-bond donors (Lipinski definition) is 0. The Bertz CT molecular complexity index is 633. The molecule has 112 valence electrons. The normalized spacial score (nSPS) is 15.4. The van der Waals surface area contributed by atoms with Crippen LogP contribution in [0.2, 0.25) is 0 Å². The smallest absolute Gasteiger partial charge is 0.0110 e. The topological polar surface area (TPSA) is 0 Å². The first-order valence-electron chi connectivity index (χ1n) is 8.38. The Balaban J connectivity index is 0.000000446. The summed E-state index contributed by atoms with van der Waals surface area (Å²) < 4.78 is 0. The summed E-state index contributed by atoms with van der Waals surface area (Å²) in [6.07, 6.45) is 11.4. The van der Waals surface area contributed by atoms with Crippen LogP contribution < -0.4 is 0 Å². The molecule has 0 radical (unpaired) electrons. The van der Waals surface area contributed by atoms with Crippen LogP contribution >= 0.6 is 0 Å². The van der Waals surface area contributed by atoms with Crippen LogP contribution in [0.25, 0.3) is 11.1 Å². The van der Waals surface area contributed by atoms with Crippen molar-refractivity contribution in [3.05, 3.63) is 84.0 Å². The van der Waals surface area contributed by atoms with E-state index in [1.165, 1.54) is 35.1 Å². The predicted molar refractivity (Wildman–Crippen MR) is 96.1 cm³/mol. The number of rotatable bonds is 2. The molecule has 0 aromatic heterocycles. The van der Waals surface area contributed by atoms with E-state index < -0.39 is 0 Å². The van der Waals surface area contributed by atoms with Crippen molar-refractivity contribution >= 4 is 0 Å². The molecule has 0 aliphatic heterocycles. The predicted octanol–water partition coefficient (Wildman–Crippen LogP) is 6.35. The quantitative estimate of drug-likeness (QED) is 0.604. The van der Waals surface area contributed by atoms with E-state index in [1.54, 1.807) is 0 Å². The lowest BCUT2D eigenvalue weighted by atomic mass is 9.88. The van der Waals surface area contributed by atoms with Gasteiger partial charge in [-0.1, -0.05) is 93.1 Å². The molecule has 0 bridgehead atoms. The van der Waals surface area contributed by atoms with Crippen LogP contribution in [0, 0.1) is 5.92 Å². The highest BCUT2D eigenvalue weighted by atomic mass is 14.3. The van der Waals surface area contributed by atoms with Gasteiger partial charge in [0.1, 0.15) is 0 Å². The third-order valence-electron chi connectivity index (χ3n) is 4.30. The van der Waals surface area contributed by atoms with Crippen LogP contribution in [-0.2, 0) is 0 Å². The maximum atomic E-state index is 2.31. The molecule has 0 saturated heterocycles. The molecule has 2 aliphatic carbocycles. The van der Waals surface area contributed by atoms with Crippen molar-refractivity contribution in [2.24, 2.45) is 5.92 Å². The molecule has 0 heterocycles. The Labute approximate surface area is 134 Å². The largest absolute Gasteiger partial charge is 0.0776 e. The first-order chi connectivity index (χ1) is 10.8. The van der Waals surface area contributed by atoms with Gasteiger partial charge < -0.3 is 0 Å². The molecule has 4 rings (SSSR count). The first-order valence-corrected chi connectivity index (χ1v) is 8.38. The average Bonchev–Trinajstić information content (AvgIpc) is 3.16. The summed E-state index contributed by atoms with van der Waals surface area (Å²) in [4.78, 5) is 0. The lowest BCUT2D eigenvalue weighted by molar-refractivity contribution is 0.650. The van der Waals surface area contributed by atoms with E-state index in [9.17, 15) is 0 Å². The summed E-state index contributed by atoms with van der Waals surface area (Å²) in [6, 6.07) is 17.7. The fourth-order valence-corrected chi connectivity index (χ4v) is 3.42. The second-order valence-corrected chi connectivity index (χ2v) is 6.10. The van der Waals surface area contributed by atoms with E-state index in [2.05, 4.69) is 86.7 Å². The Morgan fingerprint density at radius 2 is 1.18 bits per heavy atom. The van der Waals surface area contributed by atoms with Crippen molar-refractivity contribution in [1.82, 2.24) is 0 Å². The lowest BCUT2D eigenvalue weighted by Crippen LogP contribution is -2.02. The molecule has 0 saturated carbocycles. The van der Waals surface area contributed by atoms with Gasteiger partial charge in [0.05, 0.1) is 0 Å². The highest BCUT2D eigenvalue weighted by molar-refractivity contribution is 5.78. The molecule has 0 atom stereocenters. The molecule has 0 nitrogen and oxygen atoms in total. The maximum absolute atomic E-state index is 2.31. The van der Waals surface area contributed by atoms with Gasteiger partial charge in [0, 0.05) is 5.92 Å². The van der Waals surface area contributed by atoms with Gasteiger partial charge in [0.2, 0.25) is 0 Å². The Morgan fingerprint density at radius 3 is 1.68 bits per heavy atom. The molecule has 0 N–H and O–H groups in total. The Hall–Kier alpha value is -2.08. The summed E-state index contributed by atoms with van der Waals surface area (Å²) >= 11 is 0. The Morgan fingerprint density at radius 1 is 0.727 bits per heavy atom. The third kappa shape index (κ3) is 2.78. The van der Waals surface area contributed by atoms with E-state index >= 15 is 0 Å². The van der Waals surface area contributed by atoms with Gasteiger partial charge >= 0.3 is 0 Å². The van der Waals surface area contributed by atoms with E-state index in [0.29, 0.717) is 11.8 Å². The molecule has 0 heteroatoms. The van der Waals surface area contributed by atoms with Gasteiger partial charge in [-0.2, -0.15) is 0 Å². The number of hydrogen-bond acceptors (Lipinski definition) is 0. The zero-order valence-corrected chi connectivity index (χ0v) is 13.5. The molecular formula is C22H24. The van der Waals surface area contributed by atoms with Gasteiger partial charge in [0.25, 0.3) is 0 Å². The molecule has 2 aromatic rings. The molecule has 2 aliphatic rings. The minimum absolute atomic E-state index is 0.546. The molecule has 22 heavy (non-hydrogen) atoms. The summed E-state index contributed by atoms with van der Waals surface area (Å²) in [5, 5.41) is 0. The standard InChI is InChI=1S/C19H16.C3H8/c1-2-8-14(7-1)13-19-17-11-5-3-9-15(17)16-10-4-6-12-18(16)19;1-3-2/h1-12,14,19H,13H2;3H2,1-2H3. The number of benzene rings is 2. The zero-order valence-electron chi connectivity index (χ0n) is 13.5. The molecule has 0 fully saturated rings. The SMILES string of the molecule is C1=CC(CC2c3ccccc3-c3ccccc32)C=C1.CCC. The van der Waals surface area contributed by atoms with Crippen LogP contribution in [0.3, 0.4) is 0 Å². The fourth-order valence-electron chi connectivity index (χ4n) is 3.42. The lowest BCUT2D eigenvalue weighted by Gasteiger charge is -2.16. The summed E-state index contributed by atoms with van der Waals surface area (Å²) in [5.41, 5.74) is 5.85. The van der Waals surface area contributed by atoms with Crippen molar-refractivity contribution in [3.8, 4) is 11.1 Å². The van der Waals surface area contributed by atoms with Gasteiger partial charge in [-0.15, -0.1) is 0 Å². The van der Waals surface area contributed by atoms with Crippen molar-refractivity contribution in [2.75, 3.05) is 0 Å². The number of fused-ring (bicyclic) bond motifs is 3. The molecule has 2 aromatic carbocycles. The summed E-state index contributed by atoms with van der Waals surface area (Å²) in [6.45, 7) is 4.25. The van der Waals surface area contributed by atoms with E-state index in [1.807, 2.05) is 0 Å². The van der Waals surface area contributed by atoms with Crippen molar-refractivity contribution < 1.29 is 0 Å². The maximum Gasteiger partial charge on any atom is 0.0110 e. The zero-order chi connectivity index (χ0) is 15.4. The van der Waals surface area contributed by atoms with Gasteiger partial charge in [-0.25, -0.2) is 0 Å². The van der Waals surface area contributed by atoms with Crippen molar-refractivity contribution in [1.29, 1.82) is 0 Å². The van der Waals surface area contributed by atoms with Crippen LogP contribution in [0.5, 0.6) is 0 Å².